The summed E-state index contributed by atoms with van der Waals surface area (Å²) in [6, 6.07) is 8.46. The van der Waals surface area contributed by atoms with E-state index in [9.17, 15) is 9.90 Å². The second-order valence-corrected chi connectivity index (χ2v) is 30.4. The molecule has 290 valence electrons. The van der Waals surface area contributed by atoms with Crippen LogP contribution in [0.3, 0.4) is 0 Å². The van der Waals surface area contributed by atoms with Crippen LogP contribution in [-0.2, 0) is 19.1 Å². The molecule has 4 aliphatic rings. The van der Waals surface area contributed by atoms with E-state index in [1.807, 2.05) is 0 Å². The van der Waals surface area contributed by atoms with E-state index in [0.717, 1.165) is 56.1 Å². The van der Waals surface area contributed by atoms with Crippen LogP contribution in [0.15, 0.2) is 59.7 Å². The van der Waals surface area contributed by atoms with Gasteiger partial charge in [-0.05, 0) is 134 Å². The Hall–Kier alpha value is -1.58. The Bertz CT molecular complexity index is 1530. The third-order valence-corrected chi connectivity index (χ3v) is 24.3. The molecule has 7 atom stereocenters. The van der Waals surface area contributed by atoms with E-state index in [1.165, 1.54) is 24.0 Å². The van der Waals surface area contributed by atoms with Gasteiger partial charge in [0.05, 0.1) is 23.7 Å². The van der Waals surface area contributed by atoms with Gasteiger partial charge in [0.15, 0.2) is 16.6 Å². The lowest BCUT2D eigenvalue weighted by Crippen LogP contribution is -2.49. The fourth-order valence-corrected chi connectivity index (χ4v) is 12.1. The minimum atomic E-state index is -2.03. The highest BCUT2D eigenvalue weighted by Gasteiger charge is 2.54. The first-order valence-electron chi connectivity index (χ1n) is 20.6. The molecule has 4 saturated carbocycles. The molecule has 0 aliphatic heterocycles. The Morgan fingerprint density at radius 1 is 0.962 bits per heavy atom. The van der Waals surface area contributed by atoms with Gasteiger partial charge in [-0.2, -0.15) is 0 Å². The maximum atomic E-state index is 13.7. The number of aryl methyl sites for hydroxylation is 1. The Morgan fingerprint density at radius 3 is 2.13 bits per heavy atom. The molecule has 0 bridgehead atoms. The highest BCUT2D eigenvalue weighted by atomic mass is 28.4. The van der Waals surface area contributed by atoms with Crippen LogP contribution in [0.4, 0.5) is 0 Å². The maximum absolute atomic E-state index is 13.7. The Morgan fingerprint density at radius 2 is 1.56 bits per heavy atom. The maximum Gasteiger partial charge on any atom is 0.192 e. The molecule has 1 unspecified atom stereocenters. The number of Topliss-reactive ketones (excluding diaryl/α,β-unsaturated/α-hetero) is 1. The van der Waals surface area contributed by atoms with E-state index in [4.69, 9.17) is 8.85 Å². The number of rotatable bonds is 11. The molecule has 6 heteroatoms. The number of benzene rings is 1. The topological polar surface area (TPSA) is 55.8 Å². The van der Waals surface area contributed by atoms with Crippen molar-refractivity contribution in [3.8, 4) is 0 Å². The first kappa shape index (κ1) is 41.6. The van der Waals surface area contributed by atoms with E-state index < -0.39 is 22.7 Å². The number of hydrogen-bond acceptors (Lipinski definition) is 4. The summed E-state index contributed by atoms with van der Waals surface area (Å²) in [7, 11) is -4.00. The molecular formula is C46H74O4Si2. The second kappa shape index (κ2) is 14.8. The molecule has 0 aromatic heterocycles. The molecular weight excluding hydrogens is 673 g/mol. The van der Waals surface area contributed by atoms with Crippen molar-refractivity contribution in [3.05, 3.63) is 70.8 Å². The SMILES string of the molecule is C=C1/C(=C\C=C2/CCC[C@]3(C)[C@@H]([C@H](C)C(O)CC(=O)C4(c5ccc(C)cc5)CC4)CC[C@@H]23)C[C@@H](O[Si](C)(C)C(C)(C)C)C[C@@H]1O[Si](C)(C)C(C)(C)C. The van der Waals surface area contributed by atoms with Gasteiger partial charge in [-0.15, -0.1) is 0 Å². The number of ketones is 1. The van der Waals surface area contributed by atoms with Crippen LogP contribution in [-0.4, -0.2) is 45.8 Å². The zero-order valence-corrected chi connectivity index (χ0v) is 37.4. The summed E-state index contributed by atoms with van der Waals surface area (Å²) in [5.41, 5.74) is 6.08. The molecule has 4 fully saturated rings. The van der Waals surface area contributed by atoms with Gasteiger partial charge in [-0.1, -0.05) is 110 Å². The fourth-order valence-electron chi connectivity index (χ4n) is 9.47. The monoisotopic (exact) mass is 747 g/mol. The number of hydrogen-bond donors (Lipinski definition) is 1. The largest absolute Gasteiger partial charge is 0.413 e. The first-order valence-corrected chi connectivity index (χ1v) is 26.5. The third-order valence-electron chi connectivity index (χ3n) is 15.3. The fraction of sp³-hybridized carbons (Fsp3) is 0.717. The summed E-state index contributed by atoms with van der Waals surface area (Å²) >= 11 is 0. The van der Waals surface area contributed by atoms with Crippen molar-refractivity contribution >= 4 is 22.4 Å². The molecule has 0 heterocycles. The molecule has 1 aromatic carbocycles. The highest BCUT2D eigenvalue weighted by Crippen LogP contribution is 2.60. The summed E-state index contributed by atoms with van der Waals surface area (Å²) in [5.74, 6) is 1.22. The zero-order valence-electron chi connectivity index (χ0n) is 35.4. The summed E-state index contributed by atoms with van der Waals surface area (Å²) in [6.07, 6.45) is 13.9. The van der Waals surface area contributed by atoms with E-state index in [0.29, 0.717) is 11.8 Å². The number of aliphatic hydroxyl groups excluding tert-OH is 1. The minimum absolute atomic E-state index is 0.0209. The summed E-state index contributed by atoms with van der Waals surface area (Å²) in [6.45, 7) is 34.9. The average molecular weight is 747 g/mol. The highest BCUT2D eigenvalue weighted by molar-refractivity contribution is 6.74. The summed E-state index contributed by atoms with van der Waals surface area (Å²) < 4.78 is 14.2. The van der Waals surface area contributed by atoms with Crippen LogP contribution in [0.25, 0.3) is 0 Å². The van der Waals surface area contributed by atoms with Crippen LogP contribution < -0.4 is 0 Å². The second-order valence-electron chi connectivity index (χ2n) is 20.9. The van der Waals surface area contributed by atoms with E-state index in [1.54, 1.807) is 5.57 Å². The van der Waals surface area contributed by atoms with Crippen molar-refractivity contribution in [3.63, 3.8) is 0 Å². The van der Waals surface area contributed by atoms with Crippen LogP contribution in [0.1, 0.15) is 131 Å². The Balaban J connectivity index is 1.34. The van der Waals surface area contributed by atoms with Gasteiger partial charge in [-0.25, -0.2) is 0 Å². The molecule has 0 saturated heterocycles. The Labute approximate surface area is 320 Å². The molecule has 1 aromatic rings. The molecule has 1 N–H and O–H groups in total. The van der Waals surface area contributed by atoms with E-state index >= 15 is 0 Å². The van der Waals surface area contributed by atoms with Crippen molar-refractivity contribution in [2.75, 3.05) is 0 Å². The van der Waals surface area contributed by atoms with E-state index in [-0.39, 0.29) is 51.2 Å². The smallest absolute Gasteiger partial charge is 0.192 e. The van der Waals surface area contributed by atoms with Gasteiger partial charge in [0.2, 0.25) is 0 Å². The van der Waals surface area contributed by atoms with Crippen LogP contribution >= 0.6 is 0 Å². The van der Waals surface area contributed by atoms with Crippen molar-refractivity contribution in [2.24, 2.45) is 23.2 Å². The molecule has 0 spiro atoms. The van der Waals surface area contributed by atoms with Crippen LogP contribution in [0.5, 0.6) is 0 Å². The van der Waals surface area contributed by atoms with Gasteiger partial charge in [0.25, 0.3) is 0 Å². The van der Waals surface area contributed by atoms with Gasteiger partial charge in [0.1, 0.15) is 5.78 Å². The minimum Gasteiger partial charge on any atom is -0.413 e. The standard InChI is InChI=1S/C46H74O4Si2/c1-31-17-21-36(22-18-31)46(26-27-46)42(48)30-40(47)33(3)38-23-24-39-34(16-15-25-45(38,39)10)19-20-35-28-37(49-51(11,12)43(4,5)6)29-41(32(35)2)50-52(13,14)44(7,8)9/h17-22,33,37-41,47H,2,15-16,23-30H2,1,3-14H3/b34-19+,35-20-/t33-,37+,38+,39-,40?,41-,45+/m0/s1. The molecule has 4 nitrogen and oxygen atoms in total. The summed E-state index contributed by atoms with van der Waals surface area (Å²) in [4.78, 5) is 13.7. The van der Waals surface area contributed by atoms with Gasteiger partial charge in [0, 0.05) is 12.8 Å². The molecule has 0 radical (unpaired) electrons. The molecule has 52 heavy (non-hydrogen) atoms. The van der Waals surface area contributed by atoms with Crippen molar-refractivity contribution in [1.82, 2.24) is 0 Å². The van der Waals surface area contributed by atoms with E-state index in [2.05, 4.69) is 131 Å². The Kier molecular flexibility index (Phi) is 11.9. The summed E-state index contributed by atoms with van der Waals surface area (Å²) in [5, 5.41) is 11.9. The van der Waals surface area contributed by atoms with Gasteiger partial charge >= 0.3 is 0 Å². The van der Waals surface area contributed by atoms with Crippen molar-refractivity contribution < 1.29 is 18.8 Å². The van der Waals surface area contributed by atoms with Crippen LogP contribution in [0, 0.1) is 30.1 Å². The van der Waals surface area contributed by atoms with Crippen molar-refractivity contribution in [1.29, 1.82) is 0 Å². The van der Waals surface area contributed by atoms with Crippen LogP contribution in [0.2, 0.25) is 36.3 Å². The predicted molar refractivity (Wildman–Crippen MR) is 224 cm³/mol. The lowest BCUT2D eigenvalue weighted by molar-refractivity contribution is -0.124. The normalized spacial score (nSPS) is 31.1. The quantitative estimate of drug-likeness (QED) is 0.229. The lowest BCUT2D eigenvalue weighted by atomic mass is 9.60. The number of allylic oxidation sites excluding steroid dienone is 3. The van der Waals surface area contributed by atoms with Crippen molar-refractivity contribution in [2.45, 2.75) is 187 Å². The zero-order chi connectivity index (χ0) is 38.7. The number of aliphatic hydroxyl groups is 1. The third kappa shape index (κ3) is 8.32. The number of carbonyl (C=O) groups excluding carboxylic acids is 1. The predicted octanol–water partition coefficient (Wildman–Crippen LogP) is 12.2. The number of carbonyl (C=O) groups is 1. The van der Waals surface area contributed by atoms with Gasteiger partial charge < -0.3 is 14.0 Å². The molecule has 5 rings (SSSR count). The average Bonchev–Trinajstić information content (AvgIpc) is 3.76. The lowest BCUT2D eigenvalue weighted by Gasteiger charge is -2.46. The van der Waals surface area contributed by atoms with Gasteiger partial charge in [-0.3, -0.25) is 4.79 Å². The number of fused-ring (bicyclic) bond motifs is 1. The first-order chi connectivity index (χ1) is 23.9. The molecule has 4 aliphatic carbocycles. The molecule has 0 amide bonds.